The molecule has 15 heavy (non-hydrogen) atoms. The van der Waals surface area contributed by atoms with Crippen molar-refractivity contribution in [3.63, 3.8) is 0 Å². The lowest BCUT2D eigenvalue weighted by atomic mass is 10.1. The molecule has 0 aliphatic carbocycles. The van der Waals surface area contributed by atoms with Gasteiger partial charge in [-0.3, -0.25) is 4.68 Å². The summed E-state index contributed by atoms with van der Waals surface area (Å²) in [5, 5.41) is 7.86. The monoisotopic (exact) mass is 210 g/mol. The van der Waals surface area contributed by atoms with Crippen molar-refractivity contribution in [2.24, 2.45) is 12.8 Å². The zero-order valence-corrected chi connectivity index (χ0v) is 9.31. The number of hydrogen-bond donors (Lipinski definition) is 1. The van der Waals surface area contributed by atoms with Gasteiger partial charge < -0.3 is 10.5 Å². The van der Waals surface area contributed by atoms with E-state index >= 15 is 0 Å². The first-order valence-corrected chi connectivity index (χ1v) is 5.01. The highest BCUT2D eigenvalue weighted by Crippen LogP contribution is 2.09. The minimum Gasteiger partial charge on any atom is -0.380 e. The van der Waals surface area contributed by atoms with Crippen molar-refractivity contribution in [3.05, 3.63) is 17.5 Å². The second-order valence-corrected chi connectivity index (χ2v) is 3.44. The minimum absolute atomic E-state index is 0.622. The average Bonchev–Trinajstić information content (AvgIpc) is 2.61. The Bertz CT molecular complexity index is 319. The zero-order valence-electron chi connectivity index (χ0n) is 9.31. The lowest BCUT2D eigenvalue weighted by Crippen LogP contribution is -2.01. The molecule has 84 valence electrons. The quantitative estimate of drug-likeness (QED) is 0.746. The van der Waals surface area contributed by atoms with Crippen molar-refractivity contribution in [2.75, 3.05) is 20.3 Å². The largest absolute Gasteiger partial charge is 0.380 e. The van der Waals surface area contributed by atoms with E-state index in [1.54, 1.807) is 11.8 Å². The molecule has 0 aliphatic heterocycles. The van der Waals surface area contributed by atoms with Crippen LogP contribution in [0.15, 0.2) is 11.8 Å². The summed E-state index contributed by atoms with van der Waals surface area (Å²) in [5.41, 5.74) is 7.53. The predicted molar refractivity (Wildman–Crippen MR) is 59.1 cm³/mol. The number of nitrogens with two attached hydrogens (primary N) is 1. The molecule has 0 unspecified atom stereocenters. The molecule has 0 saturated carbocycles. The Kier molecular flexibility index (Phi) is 5.00. The molecule has 0 fully saturated rings. The standard InChI is InChI=1S/C10H18N4O/c1-14-7-10(12-13-14)6-9(8-15-2)4-3-5-11/h6-7H,3-5,8,11H2,1-2H3. The first-order valence-electron chi connectivity index (χ1n) is 5.01. The van der Waals surface area contributed by atoms with E-state index in [0.29, 0.717) is 13.2 Å². The molecule has 0 atom stereocenters. The van der Waals surface area contributed by atoms with E-state index in [1.165, 1.54) is 5.57 Å². The smallest absolute Gasteiger partial charge is 0.105 e. The third kappa shape index (κ3) is 4.22. The molecule has 0 amide bonds. The maximum Gasteiger partial charge on any atom is 0.105 e. The molecule has 5 nitrogen and oxygen atoms in total. The van der Waals surface area contributed by atoms with Gasteiger partial charge in [-0.25, -0.2) is 0 Å². The summed E-state index contributed by atoms with van der Waals surface area (Å²) in [7, 11) is 3.53. The Morgan fingerprint density at radius 2 is 2.47 bits per heavy atom. The Labute approximate surface area is 89.9 Å². The molecule has 1 aromatic heterocycles. The van der Waals surface area contributed by atoms with E-state index < -0.39 is 0 Å². The number of rotatable bonds is 6. The van der Waals surface area contributed by atoms with E-state index in [4.69, 9.17) is 10.5 Å². The Morgan fingerprint density at radius 3 is 3.00 bits per heavy atom. The van der Waals surface area contributed by atoms with Crippen LogP contribution >= 0.6 is 0 Å². The number of ether oxygens (including phenoxy) is 1. The molecule has 0 saturated heterocycles. The highest BCUT2D eigenvalue weighted by molar-refractivity contribution is 5.47. The summed E-state index contributed by atoms with van der Waals surface area (Å²) in [5.74, 6) is 0. The first-order chi connectivity index (χ1) is 7.26. The molecule has 0 spiro atoms. The summed E-state index contributed by atoms with van der Waals surface area (Å²) in [6.45, 7) is 1.32. The van der Waals surface area contributed by atoms with Crippen molar-refractivity contribution in [1.82, 2.24) is 15.0 Å². The van der Waals surface area contributed by atoms with Gasteiger partial charge in [-0.05, 0) is 31.0 Å². The number of nitrogens with zero attached hydrogens (tertiary/aromatic N) is 3. The molecule has 0 radical (unpaired) electrons. The summed E-state index contributed by atoms with van der Waals surface area (Å²) in [6, 6.07) is 0. The second-order valence-electron chi connectivity index (χ2n) is 3.44. The topological polar surface area (TPSA) is 66.0 Å². The number of methoxy groups -OCH3 is 1. The van der Waals surface area contributed by atoms with Crippen LogP contribution in [0.4, 0.5) is 0 Å². The first kappa shape index (κ1) is 11.9. The highest BCUT2D eigenvalue weighted by Gasteiger charge is 2.00. The second kappa shape index (κ2) is 6.31. The highest BCUT2D eigenvalue weighted by atomic mass is 16.5. The third-order valence-electron chi connectivity index (χ3n) is 2.00. The van der Waals surface area contributed by atoms with Gasteiger partial charge in [0.25, 0.3) is 0 Å². The van der Waals surface area contributed by atoms with Gasteiger partial charge in [0, 0.05) is 14.2 Å². The molecule has 5 heteroatoms. The SMILES string of the molecule is COCC(=Cc1cn(C)nn1)CCCN. The van der Waals surface area contributed by atoms with Gasteiger partial charge in [-0.1, -0.05) is 5.21 Å². The van der Waals surface area contributed by atoms with Crippen molar-refractivity contribution >= 4 is 6.08 Å². The van der Waals surface area contributed by atoms with Crippen LogP contribution in [0.5, 0.6) is 0 Å². The Hall–Kier alpha value is -1.20. The molecule has 0 bridgehead atoms. The van der Waals surface area contributed by atoms with Crippen LogP contribution in [0.3, 0.4) is 0 Å². The Balaban J connectivity index is 2.64. The summed E-state index contributed by atoms with van der Waals surface area (Å²) < 4.78 is 6.80. The maximum absolute atomic E-state index is 5.47. The van der Waals surface area contributed by atoms with Gasteiger partial charge in [0.05, 0.1) is 12.8 Å². The van der Waals surface area contributed by atoms with Gasteiger partial charge >= 0.3 is 0 Å². The van der Waals surface area contributed by atoms with Crippen molar-refractivity contribution in [2.45, 2.75) is 12.8 Å². The normalized spacial score (nSPS) is 12.1. The zero-order chi connectivity index (χ0) is 11.1. The molecule has 0 aromatic carbocycles. The van der Waals surface area contributed by atoms with Gasteiger partial charge in [-0.2, -0.15) is 0 Å². The fraction of sp³-hybridized carbons (Fsp3) is 0.600. The number of aromatic nitrogens is 3. The Morgan fingerprint density at radius 1 is 1.67 bits per heavy atom. The van der Waals surface area contributed by atoms with E-state index in [2.05, 4.69) is 10.3 Å². The van der Waals surface area contributed by atoms with Gasteiger partial charge in [0.15, 0.2) is 0 Å². The molecular formula is C10H18N4O. The molecule has 1 heterocycles. The van der Waals surface area contributed by atoms with Crippen LogP contribution in [-0.2, 0) is 11.8 Å². The molecule has 0 aliphatic rings. The average molecular weight is 210 g/mol. The fourth-order valence-corrected chi connectivity index (χ4v) is 1.34. The molecular weight excluding hydrogens is 192 g/mol. The molecule has 1 aromatic rings. The van der Waals surface area contributed by atoms with Crippen LogP contribution in [0.1, 0.15) is 18.5 Å². The predicted octanol–water partition coefficient (Wildman–Crippen LogP) is 0.584. The summed E-state index contributed by atoms with van der Waals surface area (Å²) >= 11 is 0. The van der Waals surface area contributed by atoms with E-state index in [-0.39, 0.29) is 0 Å². The molecule has 1 rings (SSSR count). The van der Waals surface area contributed by atoms with E-state index in [0.717, 1.165) is 18.5 Å². The van der Waals surface area contributed by atoms with E-state index in [9.17, 15) is 0 Å². The van der Waals surface area contributed by atoms with Crippen LogP contribution in [0.25, 0.3) is 6.08 Å². The molecule has 2 N–H and O–H groups in total. The summed E-state index contributed by atoms with van der Waals surface area (Å²) in [4.78, 5) is 0. The lowest BCUT2D eigenvalue weighted by molar-refractivity contribution is 0.223. The van der Waals surface area contributed by atoms with E-state index in [1.807, 2.05) is 19.3 Å². The van der Waals surface area contributed by atoms with Gasteiger partial charge in [-0.15, -0.1) is 5.10 Å². The van der Waals surface area contributed by atoms with Crippen LogP contribution in [0, 0.1) is 0 Å². The third-order valence-corrected chi connectivity index (χ3v) is 2.00. The van der Waals surface area contributed by atoms with Gasteiger partial charge in [0.1, 0.15) is 5.69 Å². The maximum atomic E-state index is 5.47. The number of aryl methyl sites for hydroxylation is 1. The minimum atomic E-state index is 0.622. The van der Waals surface area contributed by atoms with Crippen LogP contribution in [0.2, 0.25) is 0 Å². The number of hydrogen-bond acceptors (Lipinski definition) is 4. The van der Waals surface area contributed by atoms with Crippen molar-refractivity contribution in [3.8, 4) is 0 Å². The van der Waals surface area contributed by atoms with Crippen LogP contribution < -0.4 is 5.73 Å². The lowest BCUT2D eigenvalue weighted by Gasteiger charge is -2.04. The summed E-state index contributed by atoms with van der Waals surface area (Å²) in [6.07, 6.45) is 5.79. The van der Waals surface area contributed by atoms with Gasteiger partial charge in [0.2, 0.25) is 0 Å². The van der Waals surface area contributed by atoms with Crippen molar-refractivity contribution in [1.29, 1.82) is 0 Å². The van der Waals surface area contributed by atoms with Crippen molar-refractivity contribution < 1.29 is 4.74 Å². The van der Waals surface area contributed by atoms with Crippen LogP contribution in [-0.4, -0.2) is 35.3 Å². The fourth-order valence-electron chi connectivity index (χ4n) is 1.34.